The lowest BCUT2D eigenvalue weighted by Gasteiger charge is -2.29. The van der Waals surface area contributed by atoms with Crippen molar-refractivity contribution in [1.82, 2.24) is 4.90 Å². The normalized spacial score (nSPS) is 19.4. The van der Waals surface area contributed by atoms with Gasteiger partial charge >= 0.3 is 12.0 Å². The van der Waals surface area contributed by atoms with E-state index in [0.717, 1.165) is 31.4 Å². The van der Waals surface area contributed by atoms with Crippen molar-refractivity contribution in [3.63, 3.8) is 0 Å². The Morgan fingerprint density at radius 1 is 1.26 bits per heavy atom. The van der Waals surface area contributed by atoms with Gasteiger partial charge in [0.2, 0.25) is 0 Å². The van der Waals surface area contributed by atoms with Crippen LogP contribution in [-0.4, -0.2) is 40.7 Å². The first-order chi connectivity index (χ1) is 13.0. The maximum atomic E-state index is 13.0. The molecule has 27 heavy (non-hydrogen) atoms. The molecule has 0 saturated carbocycles. The number of nitrogens with one attached hydrogen (secondary N) is 1. The van der Waals surface area contributed by atoms with Crippen molar-refractivity contribution < 1.29 is 14.3 Å². The van der Waals surface area contributed by atoms with Gasteiger partial charge < -0.3 is 10.1 Å². The lowest BCUT2D eigenvalue weighted by atomic mass is 10.1. The number of nitrogens with zero attached hydrogens (tertiary/aromatic N) is 1. The Morgan fingerprint density at radius 3 is 2.56 bits per heavy atom. The molecule has 1 aliphatic heterocycles. The number of unbranched alkanes of at least 4 members (excludes halogenated alkanes) is 1. The van der Waals surface area contributed by atoms with Crippen LogP contribution in [0.1, 0.15) is 52.5 Å². The second-order valence-corrected chi connectivity index (χ2v) is 8.55. The van der Waals surface area contributed by atoms with Gasteiger partial charge in [-0.15, -0.1) is 11.8 Å². The third kappa shape index (κ3) is 6.16. The van der Waals surface area contributed by atoms with Gasteiger partial charge in [-0.3, -0.25) is 4.90 Å². The average Bonchev–Trinajstić information content (AvgIpc) is 3.05. The van der Waals surface area contributed by atoms with E-state index in [1.165, 1.54) is 5.56 Å². The zero-order valence-electron chi connectivity index (χ0n) is 16.9. The summed E-state index contributed by atoms with van der Waals surface area (Å²) >= 11 is 1.66. The summed E-state index contributed by atoms with van der Waals surface area (Å²) in [6.45, 7) is 8.83. The van der Waals surface area contributed by atoms with Crippen LogP contribution in [0.3, 0.4) is 0 Å². The van der Waals surface area contributed by atoms with Gasteiger partial charge in [0.05, 0.1) is 12.0 Å². The number of carbonyl (C=O) groups excluding carboxylic acids is 2. The largest absolute Gasteiger partial charge is 0.464 e. The van der Waals surface area contributed by atoms with E-state index in [4.69, 9.17) is 4.74 Å². The smallest absolute Gasteiger partial charge is 0.329 e. The molecule has 2 atom stereocenters. The van der Waals surface area contributed by atoms with Gasteiger partial charge in [-0.2, -0.15) is 0 Å². The maximum absolute atomic E-state index is 13.0. The second-order valence-electron chi connectivity index (χ2n) is 7.34. The lowest BCUT2D eigenvalue weighted by Crippen LogP contribution is -2.48. The average molecular weight is 393 g/mol. The number of carbonyl (C=O) groups is 2. The van der Waals surface area contributed by atoms with Gasteiger partial charge in [-0.25, -0.2) is 9.59 Å². The number of anilines is 1. The minimum absolute atomic E-state index is 0.0105. The molecular formula is C21H32N2O3S. The monoisotopic (exact) mass is 392 g/mol. The van der Waals surface area contributed by atoms with Crippen LogP contribution in [0.25, 0.3) is 0 Å². The maximum Gasteiger partial charge on any atom is 0.329 e. The molecule has 150 valence electrons. The fourth-order valence-corrected chi connectivity index (χ4v) is 4.65. The molecule has 0 aromatic heterocycles. The van der Waals surface area contributed by atoms with Crippen LogP contribution < -0.4 is 5.32 Å². The fourth-order valence-electron chi connectivity index (χ4n) is 3.03. The van der Waals surface area contributed by atoms with Crippen molar-refractivity contribution in [1.29, 1.82) is 0 Å². The van der Waals surface area contributed by atoms with Crippen molar-refractivity contribution in [2.45, 2.75) is 64.8 Å². The van der Waals surface area contributed by atoms with E-state index in [9.17, 15) is 9.59 Å². The highest BCUT2D eigenvalue weighted by atomic mass is 32.2. The molecule has 1 aromatic rings. The van der Waals surface area contributed by atoms with Gasteiger partial charge in [0.25, 0.3) is 0 Å². The van der Waals surface area contributed by atoms with Crippen molar-refractivity contribution in [3.8, 4) is 0 Å². The third-order valence-corrected chi connectivity index (χ3v) is 5.94. The highest BCUT2D eigenvalue weighted by Crippen LogP contribution is 2.34. The van der Waals surface area contributed by atoms with Crippen LogP contribution in [0.4, 0.5) is 10.5 Å². The molecule has 1 aliphatic rings. The summed E-state index contributed by atoms with van der Waals surface area (Å²) in [6.07, 6.45) is 3.63. The van der Waals surface area contributed by atoms with Crippen molar-refractivity contribution in [2.24, 2.45) is 5.92 Å². The quantitative estimate of drug-likeness (QED) is 0.504. The summed E-state index contributed by atoms with van der Waals surface area (Å²) in [5.41, 5.74) is 1.97. The molecule has 1 saturated heterocycles. The molecule has 0 unspecified atom stereocenters. The standard InChI is InChI=1S/C21H32N2O3S/c1-5-7-12-26-20(24)18-14-27-19(13-15(3)4)23(18)21(25)22-17-10-8-16(6-2)9-11-17/h8-11,15,18-19H,5-7,12-14H2,1-4H3,(H,22,25)/t18-,19-/m0/s1. The number of rotatable bonds is 8. The number of ether oxygens (including phenoxy) is 1. The summed E-state index contributed by atoms with van der Waals surface area (Å²) in [5, 5.41) is 2.95. The molecule has 0 aliphatic carbocycles. The van der Waals surface area contributed by atoms with Gasteiger partial charge in [0.15, 0.2) is 0 Å². The number of urea groups is 1. The molecule has 1 fully saturated rings. The van der Waals surface area contributed by atoms with Gasteiger partial charge in [-0.05, 0) is 42.9 Å². The second kappa shape index (κ2) is 10.6. The van der Waals surface area contributed by atoms with E-state index in [1.807, 2.05) is 24.3 Å². The van der Waals surface area contributed by atoms with E-state index in [-0.39, 0.29) is 17.4 Å². The van der Waals surface area contributed by atoms with Gasteiger partial charge in [0.1, 0.15) is 6.04 Å². The molecule has 5 nitrogen and oxygen atoms in total. The lowest BCUT2D eigenvalue weighted by molar-refractivity contribution is -0.148. The zero-order chi connectivity index (χ0) is 19.8. The Balaban J connectivity index is 2.10. The predicted molar refractivity (Wildman–Crippen MR) is 112 cm³/mol. The summed E-state index contributed by atoms with van der Waals surface area (Å²) < 4.78 is 5.41. The van der Waals surface area contributed by atoms with E-state index < -0.39 is 6.04 Å². The molecule has 0 bridgehead atoms. The molecule has 2 rings (SSSR count). The highest BCUT2D eigenvalue weighted by molar-refractivity contribution is 8.00. The van der Waals surface area contributed by atoms with Gasteiger partial charge in [-0.1, -0.05) is 46.2 Å². The predicted octanol–water partition coefficient (Wildman–Crippen LogP) is 4.91. The minimum Gasteiger partial charge on any atom is -0.464 e. The number of aryl methyl sites for hydroxylation is 1. The molecular weight excluding hydrogens is 360 g/mol. The summed E-state index contributed by atoms with van der Waals surface area (Å²) in [5.74, 6) is 0.736. The molecule has 0 spiro atoms. The Kier molecular flexibility index (Phi) is 8.48. The summed E-state index contributed by atoms with van der Waals surface area (Å²) in [4.78, 5) is 27.2. The number of amides is 2. The minimum atomic E-state index is -0.523. The third-order valence-electron chi connectivity index (χ3n) is 4.63. The first kappa shape index (κ1) is 21.6. The topological polar surface area (TPSA) is 58.6 Å². The molecule has 1 heterocycles. The molecule has 1 aromatic carbocycles. The van der Waals surface area contributed by atoms with Crippen LogP contribution in [0, 0.1) is 5.92 Å². The Bertz CT molecular complexity index is 618. The zero-order valence-corrected chi connectivity index (χ0v) is 17.7. The van der Waals surface area contributed by atoms with Crippen molar-refractivity contribution in [2.75, 3.05) is 17.7 Å². The number of benzene rings is 1. The summed E-state index contributed by atoms with van der Waals surface area (Å²) in [6, 6.07) is 7.09. The molecule has 2 amide bonds. The Morgan fingerprint density at radius 2 is 1.96 bits per heavy atom. The highest BCUT2D eigenvalue weighted by Gasteiger charge is 2.42. The Hall–Kier alpha value is -1.69. The SMILES string of the molecule is CCCCOC(=O)[C@@H]1CS[C@@H](CC(C)C)N1C(=O)Nc1ccc(CC)cc1. The molecule has 1 N–H and O–H groups in total. The van der Waals surface area contributed by atoms with Crippen molar-refractivity contribution >= 4 is 29.4 Å². The van der Waals surface area contributed by atoms with Crippen LogP contribution in [0.5, 0.6) is 0 Å². The number of esters is 1. The number of thioether (sulfide) groups is 1. The van der Waals surface area contributed by atoms with Crippen molar-refractivity contribution in [3.05, 3.63) is 29.8 Å². The first-order valence-electron chi connectivity index (χ1n) is 9.92. The van der Waals surface area contributed by atoms with E-state index in [2.05, 4.69) is 33.0 Å². The van der Waals surface area contributed by atoms with Crippen LogP contribution in [-0.2, 0) is 16.0 Å². The fraction of sp³-hybridized carbons (Fsp3) is 0.619. The molecule has 6 heteroatoms. The Labute approximate surface area is 167 Å². The molecule has 0 radical (unpaired) electrons. The van der Waals surface area contributed by atoms with Gasteiger partial charge in [0, 0.05) is 11.4 Å². The summed E-state index contributed by atoms with van der Waals surface area (Å²) in [7, 11) is 0. The van der Waals surface area contributed by atoms with E-state index >= 15 is 0 Å². The first-order valence-corrected chi connectivity index (χ1v) is 11.0. The van der Waals surface area contributed by atoms with Crippen LogP contribution in [0.15, 0.2) is 24.3 Å². The van der Waals surface area contributed by atoms with E-state index in [0.29, 0.717) is 18.3 Å². The van der Waals surface area contributed by atoms with Crippen LogP contribution in [0.2, 0.25) is 0 Å². The van der Waals surface area contributed by atoms with Crippen LogP contribution >= 0.6 is 11.8 Å². The van der Waals surface area contributed by atoms with E-state index in [1.54, 1.807) is 16.7 Å². The number of hydrogen-bond acceptors (Lipinski definition) is 4. The number of hydrogen-bond donors (Lipinski definition) is 1.